The van der Waals surface area contributed by atoms with Crippen LogP contribution in [0, 0.1) is 5.92 Å². The number of carbonyl (C=O) groups excluding carboxylic acids is 1. The lowest BCUT2D eigenvalue weighted by molar-refractivity contribution is -0.126. The van der Waals surface area contributed by atoms with E-state index in [1.807, 2.05) is 19.1 Å². The molecule has 0 bridgehead atoms. The Bertz CT molecular complexity index is 640. The van der Waals surface area contributed by atoms with Gasteiger partial charge in [0.2, 0.25) is 15.9 Å². The Kier molecular flexibility index (Phi) is 5.81. The van der Waals surface area contributed by atoms with E-state index in [9.17, 15) is 13.2 Å². The van der Waals surface area contributed by atoms with Crippen LogP contribution in [0.15, 0.2) is 24.3 Å². The van der Waals surface area contributed by atoms with Crippen molar-refractivity contribution in [3.8, 4) is 0 Å². The molecule has 5 nitrogen and oxygen atoms in total. The highest BCUT2D eigenvalue weighted by Crippen LogP contribution is 2.21. The van der Waals surface area contributed by atoms with Crippen molar-refractivity contribution in [1.29, 1.82) is 0 Å². The zero-order valence-corrected chi connectivity index (χ0v) is 14.9. The Balaban J connectivity index is 1.97. The summed E-state index contributed by atoms with van der Waals surface area (Å²) in [4.78, 5) is 12.4. The number of hydrogen-bond donors (Lipinski definition) is 1. The lowest BCUT2D eigenvalue weighted by atomic mass is 9.97. The Morgan fingerprint density at radius 1 is 1.35 bits per heavy atom. The van der Waals surface area contributed by atoms with E-state index in [0.29, 0.717) is 6.54 Å². The van der Waals surface area contributed by atoms with Crippen molar-refractivity contribution in [3.05, 3.63) is 35.4 Å². The van der Waals surface area contributed by atoms with E-state index in [0.717, 1.165) is 24.8 Å². The molecule has 1 aromatic rings. The van der Waals surface area contributed by atoms with Crippen LogP contribution in [0.3, 0.4) is 0 Å². The number of piperidine rings is 1. The summed E-state index contributed by atoms with van der Waals surface area (Å²) in [6.45, 7) is 4.86. The van der Waals surface area contributed by atoms with Crippen LogP contribution in [-0.4, -0.2) is 38.0 Å². The molecule has 1 aliphatic rings. The number of nitrogens with zero attached hydrogens (tertiary/aromatic N) is 1. The average Bonchev–Trinajstić information content (AvgIpc) is 2.54. The largest absolute Gasteiger partial charge is 0.349 e. The van der Waals surface area contributed by atoms with Gasteiger partial charge in [0.05, 0.1) is 18.2 Å². The maximum Gasteiger partial charge on any atom is 0.224 e. The number of sulfonamides is 1. The van der Waals surface area contributed by atoms with Gasteiger partial charge in [0.25, 0.3) is 0 Å². The molecule has 1 fully saturated rings. The van der Waals surface area contributed by atoms with E-state index in [-0.39, 0.29) is 24.4 Å². The summed E-state index contributed by atoms with van der Waals surface area (Å²) in [5, 5.41) is 3.01. The minimum Gasteiger partial charge on any atom is -0.349 e. The molecule has 0 radical (unpaired) electrons. The first kappa shape index (κ1) is 17.9. The normalized spacial score (nSPS) is 20.9. The van der Waals surface area contributed by atoms with Crippen molar-refractivity contribution in [2.45, 2.75) is 39.2 Å². The van der Waals surface area contributed by atoms with E-state index < -0.39 is 10.0 Å². The fraction of sp³-hybridized carbons (Fsp3) is 0.588. The molecule has 1 saturated heterocycles. The van der Waals surface area contributed by atoms with Gasteiger partial charge in [0, 0.05) is 13.1 Å². The van der Waals surface area contributed by atoms with E-state index in [4.69, 9.17) is 0 Å². The first-order valence-corrected chi connectivity index (χ1v) is 10.0. The van der Waals surface area contributed by atoms with Crippen molar-refractivity contribution in [2.24, 2.45) is 5.92 Å². The van der Waals surface area contributed by atoms with Gasteiger partial charge in [-0.2, -0.15) is 0 Å². The van der Waals surface area contributed by atoms with Crippen LogP contribution in [0.5, 0.6) is 0 Å². The molecule has 1 aliphatic heterocycles. The molecular formula is C17H26N2O3S. The number of nitrogens with one attached hydrogen (secondary N) is 1. The highest BCUT2D eigenvalue weighted by atomic mass is 32.2. The van der Waals surface area contributed by atoms with Gasteiger partial charge in [-0.05, 0) is 37.3 Å². The molecule has 1 N–H and O–H groups in total. The molecule has 1 amide bonds. The molecule has 2 atom stereocenters. The first-order chi connectivity index (χ1) is 10.8. The summed E-state index contributed by atoms with van der Waals surface area (Å²) in [6, 6.07) is 8.14. The van der Waals surface area contributed by atoms with Crippen LogP contribution in [0.2, 0.25) is 0 Å². The number of carbonyl (C=O) groups is 1. The van der Waals surface area contributed by atoms with Crippen LogP contribution in [-0.2, 0) is 21.2 Å². The van der Waals surface area contributed by atoms with Crippen molar-refractivity contribution in [2.75, 3.05) is 19.3 Å². The average molecular weight is 338 g/mol. The maximum absolute atomic E-state index is 12.4. The standard InChI is InChI=1S/C17H26N2O3S/c1-4-14-7-9-15(10-8-14)13(2)18-17(20)16-6-5-11-19(12-16)23(3,21)22/h7-10,13,16H,4-6,11-12H2,1-3H3,(H,18,20)/t13-,16+/m1/s1. The third kappa shape index (κ3) is 4.78. The minimum absolute atomic E-state index is 0.0644. The molecule has 1 aromatic carbocycles. The van der Waals surface area contributed by atoms with Gasteiger partial charge in [-0.1, -0.05) is 31.2 Å². The molecular weight excluding hydrogens is 312 g/mol. The molecule has 23 heavy (non-hydrogen) atoms. The highest BCUT2D eigenvalue weighted by molar-refractivity contribution is 7.88. The van der Waals surface area contributed by atoms with Crippen molar-refractivity contribution in [3.63, 3.8) is 0 Å². The summed E-state index contributed by atoms with van der Waals surface area (Å²) in [7, 11) is -3.23. The zero-order valence-electron chi connectivity index (χ0n) is 14.1. The van der Waals surface area contributed by atoms with Crippen molar-refractivity contribution < 1.29 is 13.2 Å². The predicted octanol–water partition coefficient (Wildman–Crippen LogP) is 2.10. The number of aryl methyl sites for hydroxylation is 1. The molecule has 0 saturated carbocycles. The molecule has 0 unspecified atom stereocenters. The Hall–Kier alpha value is -1.40. The van der Waals surface area contributed by atoms with E-state index >= 15 is 0 Å². The number of hydrogen-bond acceptors (Lipinski definition) is 3. The predicted molar refractivity (Wildman–Crippen MR) is 91.5 cm³/mol. The fourth-order valence-corrected chi connectivity index (χ4v) is 3.83. The first-order valence-electron chi connectivity index (χ1n) is 8.15. The molecule has 6 heteroatoms. The molecule has 0 aromatic heterocycles. The molecule has 0 spiro atoms. The zero-order chi connectivity index (χ0) is 17.0. The van der Waals surface area contributed by atoms with Gasteiger partial charge in [-0.3, -0.25) is 4.79 Å². The number of benzene rings is 1. The van der Waals surface area contributed by atoms with Gasteiger partial charge in [0.15, 0.2) is 0 Å². The molecule has 1 heterocycles. The van der Waals surface area contributed by atoms with Crippen molar-refractivity contribution >= 4 is 15.9 Å². The summed E-state index contributed by atoms with van der Waals surface area (Å²) >= 11 is 0. The third-order valence-electron chi connectivity index (χ3n) is 4.47. The van der Waals surface area contributed by atoms with Gasteiger partial charge >= 0.3 is 0 Å². The fourth-order valence-electron chi connectivity index (χ4n) is 2.91. The number of amides is 1. The van der Waals surface area contributed by atoms with Gasteiger partial charge in [-0.25, -0.2) is 12.7 Å². The van der Waals surface area contributed by atoms with Gasteiger partial charge < -0.3 is 5.32 Å². The summed E-state index contributed by atoms with van der Waals surface area (Å²) in [5.74, 6) is -0.332. The maximum atomic E-state index is 12.4. The summed E-state index contributed by atoms with van der Waals surface area (Å²) < 4.78 is 24.7. The minimum atomic E-state index is -3.23. The number of rotatable bonds is 5. The van der Waals surface area contributed by atoms with Gasteiger partial charge in [0.1, 0.15) is 0 Å². The Morgan fingerprint density at radius 2 is 2.00 bits per heavy atom. The lowest BCUT2D eigenvalue weighted by Gasteiger charge is -2.30. The van der Waals surface area contributed by atoms with Gasteiger partial charge in [-0.15, -0.1) is 0 Å². The second kappa shape index (κ2) is 7.45. The van der Waals surface area contributed by atoms with Crippen LogP contribution in [0.25, 0.3) is 0 Å². The topological polar surface area (TPSA) is 66.5 Å². The summed E-state index contributed by atoms with van der Waals surface area (Å²) in [5.41, 5.74) is 2.33. The second-order valence-electron chi connectivity index (χ2n) is 6.29. The van der Waals surface area contributed by atoms with E-state index in [1.54, 1.807) is 0 Å². The summed E-state index contributed by atoms with van der Waals surface area (Å²) in [6.07, 6.45) is 3.65. The Morgan fingerprint density at radius 3 is 2.57 bits per heavy atom. The quantitative estimate of drug-likeness (QED) is 0.894. The Labute approximate surface area is 139 Å². The second-order valence-corrected chi connectivity index (χ2v) is 8.27. The van der Waals surface area contributed by atoms with Crippen LogP contribution in [0.1, 0.15) is 43.9 Å². The van der Waals surface area contributed by atoms with Crippen molar-refractivity contribution in [1.82, 2.24) is 9.62 Å². The van der Waals surface area contributed by atoms with Crippen LogP contribution >= 0.6 is 0 Å². The van der Waals surface area contributed by atoms with Crippen LogP contribution < -0.4 is 5.32 Å². The molecule has 2 rings (SSSR count). The molecule has 0 aliphatic carbocycles. The van der Waals surface area contributed by atoms with E-state index in [2.05, 4.69) is 24.4 Å². The SMILES string of the molecule is CCc1ccc([C@@H](C)NC(=O)[C@H]2CCCN(S(C)(=O)=O)C2)cc1. The smallest absolute Gasteiger partial charge is 0.224 e. The third-order valence-corrected chi connectivity index (χ3v) is 5.74. The monoisotopic (exact) mass is 338 g/mol. The van der Waals surface area contributed by atoms with Crippen LogP contribution in [0.4, 0.5) is 0 Å². The van der Waals surface area contributed by atoms with E-state index in [1.165, 1.54) is 16.1 Å². The molecule has 128 valence electrons. The lowest BCUT2D eigenvalue weighted by Crippen LogP contribution is -2.45. The highest BCUT2D eigenvalue weighted by Gasteiger charge is 2.30.